The van der Waals surface area contributed by atoms with E-state index in [1.165, 1.54) is 0 Å². The minimum atomic E-state index is 0.0747. The molecule has 1 aromatic heterocycles. The number of aromatic nitrogens is 1. The van der Waals surface area contributed by atoms with Crippen LogP contribution in [0.25, 0.3) is 0 Å². The van der Waals surface area contributed by atoms with Crippen molar-refractivity contribution in [3.63, 3.8) is 0 Å². The van der Waals surface area contributed by atoms with Gasteiger partial charge in [0.25, 0.3) is 5.91 Å². The van der Waals surface area contributed by atoms with Crippen molar-refractivity contribution in [2.24, 2.45) is 0 Å². The molecule has 0 aliphatic carbocycles. The summed E-state index contributed by atoms with van der Waals surface area (Å²) >= 11 is 3.46. The van der Waals surface area contributed by atoms with Crippen LogP contribution in [0.4, 0.5) is 0 Å². The summed E-state index contributed by atoms with van der Waals surface area (Å²) in [5.41, 5.74) is 1.70. The highest BCUT2D eigenvalue weighted by Crippen LogP contribution is 2.33. The molecular weight excluding hydrogens is 316 g/mol. The average molecular weight is 331 g/mol. The maximum Gasteiger partial charge on any atom is 0.255 e. The van der Waals surface area contributed by atoms with E-state index in [2.05, 4.69) is 20.9 Å². The van der Waals surface area contributed by atoms with Crippen LogP contribution < -0.4 is 0 Å². The normalized spacial score (nSPS) is 18.2. The van der Waals surface area contributed by atoms with Crippen molar-refractivity contribution in [1.82, 2.24) is 9.88 Å². The Morgan fingerprint density at radius 1 is 1.20 bits per heavy atom. The molecule has 0 spiro atoms. The first-order valence-corrected chi connectivity index (χ1v) is 7.53. The number of nitrogens with zero attached hydrogens (tertiary/aromatic N) is 2. The summed E-state index contributed by atoms with van der Waals surface area (Å²) in [6.45, 7) is 0.793. The summed E-state index contributed by atoms with van der Waals surface area (Å²) in [5, 5.41) is 0. The molecule has 20 heavy (non-hydrogen) atoms. The zero-order chi connectivity index (χ0) is 13.9. The predicted octanol–water partition coefficient (Wildman–Crippen LogP) is 3.82. The number of carbonyl (C=O) groups is 1. The first-order valence-electron chi connectivity index (χ1n) is 6.74. The SMILES string of the molecule is O=C(c1ccccc1Br)N1CCCC1c1ccccn1. The standard InChI is InChI=1S/C16H15BrN2O/c17-13-7-2-1-6-12(13)16(20)19-11-5-9-15(19)14-8-3-4-10-18-14/h1-4,6-8,10,15H,5,9,11H2. The van der Waals surface area contributed by atoms with Crippen molar-refractivity contribution in [2.75, 3.05) is 6.54 Å². The Kier molecular flexibility index (Phi) is 3.83. The van der Waals surface area contributed by atoms with Gasteiger partial charge in [0.15, 0.2) is 0 Å². The Hall–Kier alpha value is -1.68. The molecule has 1 amide bonds. The lowest BCUT2D eigenvalue weighted by atomic mass is 10.1. The fraction of sp³-hybridized carbons (Fsp3) is 0.250. The molecule has 2 heterocycles. The van der Waals surface area contributed by atoms with Crippen LogP contribution in [0.2, 0.25) is 0 Å². The van der Waals surface area contributed by atoms with E-state index in [9.17, 15) is 4.79 Å². The van der Waals surface area contributed by atoms with Gasteiger partial charge in [-0.25, -0.2) is 0 Å². The molecule has 0 N–H and O–H groups in total. The minimum absolute atomic E-state index is 0.0747. The molecule has 3 rings (SSSR count). The average Bonchev–Trinajstić information content (AvgIpc) is 2.97. The zero-order valence-corrected chi connectivity index (χ0v) is 12.6. The first kappa shape index (κ1) is 13.3. The second-order valence-corrected chi connectivity index (χ2v) is 5.75. The van der Waals surface area contributed by atoms with Crippen molar-refractivity contribution < 1.29 is 4.79 Å². The van der Waals surface area contributed by atoms with Gasteiger partial charge in [0.2, 0.25) is 0 Å². The number of halogens is 1. The molecule has 1 aromatic carbocycles. The van der Waals surface area contributed by atoms with Gasteiger partial charge in [0.05, 0.1) is 17.3 Å². The highest BCUT2D eigenvalue weighted by Gasteiger charge is 2.31. The number of rotatable bonds is 2. The van der Waals surface area contributed by atoms with E-state index < -0.39 is 0 Å². The van der Waals surface area contributed by atoms with Crippen LogP contribution in [0, 0.1) is 0 Å². The highest BCUT2D eigenvalue weighted by molar-refractivity contribution is 9.10. The third kappa shape index (κ3) is 2.48. The van der Waals surface area contributed by atoms with Crippen LogP contribution in [-0.2, 0) is 0 Å². The second kappa shape index (κ2) is 5.75. The molecule has 1 unspecified atom stereocenters. The van der Waals surface area contributed by atoms with Crippen LogP contribution in [-0.4, -0.2) is 22.3 Å². The van der Waals surface area contributed by atoms with Crippen molar-refractivity contribution in [1.29, 1.82) is 0 Å². The lowest BCUT2D eigenvalue weighted by molar-refractivity contribution is 0.0732. The van der Waals surface area contributed by atoms with E-state index in [0.717, 1.165) is 35.1 Å². The lowest BCUT2D eigenvalue weighted by Crippen LogP contribution is -2.31. The van der Waals surface area contributed by atoms with Crippen molar-refractivity contribution >= 4 is 21.8 Å². The molecule has 1 atom stereocenters. The molecule has 1 aliphatic heterocycles. The van der Waals surface area contributed by atoms with Gasteiger partial charge in [-0.15, -0.1) is 0 Å². The van der Waals surface area contributed by atoms with Crippen LogP contribution in [0.3, 0.4) is 0 Å². The molecule has 0 saturated carbocycles. The maximum absolute atomic E-state index is 12.7. The number of carbonyl (C=O) groups excluding carboxylic acids is 1. The largest absolute Gasteiger partial charge is 0.330 e. The number of benzene rings is 1. The molecule has 1 aliphatic rings. The van der Waals surface area contributed by atoms with E-state index in [4.69, 9.17) is 0 Å². The summed E-state index contributed by atoms with van der Waals surface area (Å²) in [7, 11) is 0. The lowest BCUT2D eigenvalue weighted by Gasteiger charge is -2.24. The van der Waals surface area contributed by atoms with E-state index >= 15 is 0 Å². The Labute approximate surface area is 126 Å². The summed E-state index contributed by atoms with van der Waals surface area (Å²) in [5.74, 6) is 0.0747. The van der Waals surface area contributed by atoms with Gasteiger partial charge in [-0.1, -0.05) is 18.2 Å². The molecule has 2 aromatic rings. The number of amides is 1. The Morgan fingerprint density at radius 3 is 2.75 bits per heavy atom. The van der Waals surface area contributed by atoms with Crippen LogP contribution >= 0.6 is 15.9 Å². The summed E-state index contributed by atoms with van der Waals surface area (Å²) in [4.78, 5) is 19.1. The Morgan fingerprint density at radius 2 is 2.00 bits per heavy atom. The smallest absolute Gasteiger partial charge is 0.255 e. The van der Waals surface area contributed by atoms with Crippen LogP contribution in [0.1, 0.15) is 34.9 Å². The number of hydrogen-bond acceptors (Lipinski definition) is 2. The number of pyridine rings is 1. The second-order valence-electron chi connectivity index (χ2n) is 4.89. The van der Waals surface area contributed by atoms with E-state index in [1.807, 2.05) is 47.4 Å². The third-order valence-corrected chi connectivity index (χ3v) is 4.34. The molecule has 0 bridgehead atoms. The molecular formula is C16H15BrN2O. The van der Waals surface area contributed by atoms with Crippen molar-refractivity contribution in [2.45, 2.75) is 18.9 Å². The van der Waals surface area contributed by atoms with E-state index in [1.54, 1.807) is 6.20 Å². The van der Waals surface area contributed by atoms with Crippen molar-refractivity contribution in [3.8, 4) is 0 Å². The van der Waals surface area contributed by atoms with Gasteiger partial charge < -0.3 is 4.90 Å². The molecule has 1 saturated heterocycles. The van der Waals surface area contributed by atoms with Gasteiger partial charge in [-0.05, 0) is 53.0 Å². The predicted molar refractivity (Wildman–Crippen MR) is 81.4 cm³/mol. The molecule has 4 heteroatoms. The number of likely N-dealkylation sites (tertiary alicyclic amines) is 1. The van der Waals surface area contributed by atoms with Crippen LogP contribution in [0.15, 0.2) is 53.1 Å². The van der Waals surface area contributed by atoms with Crippen molar-refractivity contribution in [3.05, 3.63) is 64.4 Å². The third-order valence-electron chi connectivity index (χ3n) is 3.65. The van der Waals surface area contributed by atoms with Gasteiger partial charge in [0, 0.05) is 17.2 Å². The number of hydrogen-bond donors (Lipinski definition) is 0. The van der Waals surface area contributed by atoms with Gasteiger partial charge >= 0.3 is 0 Å². The highest BCUT2D eigenvalue weighted by atomic mass is 79.9. The molecule has 0 radical (unpaired) electrons. The van der Waals surface area contributed by atoms with Gasteiger partial charge in [-0.2, -0.15) is 0 Å². The van der Waals surface area contributed by atoms with Crippen LogP contribution in [0.5, 0.6) is 0 Å². The maximum atomic E-state index is 12.7. The summed E-state index contributed by atoms with van der Waals surface area (Å²) in [6.07, 6.45) is 3.79. The topological polar surface area (TPSA) is 33.2 Å². The summed E-state index contributed by atoms with van der Waals surface area (Å²) < 4.78 is 0.844. The molecule has 102 valence electrons. The van der Waals surface area contributed by atoms with Gasteiger partial charge in [-0.3, -0.25) is 9.78 Å². The molecule has 1 fully saturated rings. The fourth-order valence-electron chi connectivity index (χ4n) is 2.68. The van der Waals surface area contributed by atoms with Gasteiger partial charge in [0.1, 0.15) is 0 Å². The summed E-state index contributed by atoms with van der Waals surface area (Å²) in [6, 6.07) is 13.5. The first-order chi connectivity index (χ1) is 9.77. The Balaban J connectivity index is 1.90. The van der Waals surface area contributed by atoms with E-state index in [0.29, 0.717) is 0 Å². The zero-order valence-electron chi connectivity index (χ0n) is 11.0. The molecule has 3 nitrogen and oxygen atoms in total. The monoisotopic (exact) mass is 330 g/mol. The fourth-order valence-corrected chi connectivity index (χ4v) is 3.13. The van der Waals surface area contributed by atoms with E-state index in [-0.39, 0.29) is 11.9 Å². The quantitative estimate of drug-likeness (QED) is 0.838. The Bertz CT molecular complexity index is 615. The minimum Gasteiger partial charge on any atom is -0.330 e.